The molecule has 0 atom stereocenters. The number of benzene rings is 1. The van der Waals surface area contributed by atoms with Gasteiger partial charge in [-0.2, -0.15) is 0 Å². The fourth-order valence-corrected chi connectivity index (χ4v) is 1.81. The third-order valence-electron chi connectivity index (χ3n) is 2.81. The van der Waals surface area contributed by atoms with Crippen molar-refractivity contribution < 1.29 is 9.90 Å². The number of carboxylic acids is 1. The van der Waals surface area contributed by atoms with Gasteiger partial charge in [0.2, 0.25) is 0 Å². The highest BCUT2D eigenvalue weighted by molar-refractivity contribution is 5.85. The highest BCUT2D eigenvalue weighted by Crippen LogP contribution is 2.23. The lowest BCUT2D eigenvalue weighted by atomic mass is 9.93. The van der Waals surface area contributed by atoms with E-state index in [1.165, 1.54) is 5.56 Å². The first kappa shape index (κ1) is 12.5. The standard InChI is InChI=1S/C14H18O2/c1-3-12(4-2)13-8-5-11(6-9-13)7-10-14(15)16/h5-10,12H,3-4H2,1-2H3,(H,15,16). The quantitative estimate of drug-likeness (QED) is 0.765. The molecule has 0 aliphatic rings. The third-order valence-corrected chi connectivity index (χ3v) is 2.81. The van der Waals surface area contributed by atoms with Crippen LogP contribution < -0.4 is 0 Å². The minimum absolute atomic E-state index is 0.609. The molecule has 0 aliphatic heterocycles. The number of hydrogen-bond donors (Lipinski definition) is 1. The SMILES string of the molecule is CCC(CC)c1ccc(C=CC(=O)O)cc1. The van der Waals surface area contributed by atoms with Crippen LogP contribution in [0.15, 0.2) is 30.3 Å². The number of hydrogen-bond acceptors (Lipinski definition) is 1. The molecular formula is C14H18O2. The van der Waals surface area contributed by atoms with E-state index in [1.807, 2.05) is 12.1 Å². The van der Waals surface area contributed by atoms with Gasteiger partial charge in [0.1, 0.15) is 0 Å². The van der Waals surface area contributed by atoms with Crippen molar-refractivity contribution >= 4 is 12.0 Å². The summed E-state index contributed by atoms with van der Waals surface area (Å²) in [6.45, 7) is 4.37. The highest BCUT2D eigenvalue weighted by Gasteiger charge is 2.05. The summed E-state index contributed by atoms with van der Waals surface area (Å²) in [4.78, 5) is 10.4. The van der Waals surface area contributed by atoms with E-state index in [0.29, 0.717) is 5.92 Å². The number of rotatable bonds is 5. The van der Waals surface area contributed by atoms with Crippen molar-refractivity contribution in [2.75, 3.05) is 0 Å². The van der Waals surface area contributed by atoms with Crippen LogP contribution in [0.2, 0.25) is 0 Å². The molecule has 0 radical (unpaired) electrons. The maximum absolute atomic E-state index is 10.4. The molecule has 0 saturated heterocycles. The molecule has 2 heteroatoms. The summed E-state index contributed by atoms with van der Waals surface area (Å²) in [5.74, 6) is -0.304. The van der Waals surface area contributed by atoms with Crippen molar-refractivity contribution in [3.05, 3.63) is 41.5 Å². The molecular weight excluding hydrogens is 200 g/mol. The Morgan fingerprint density at radius 1 is 1.25 bits per heavy atom. The predicted molar refractivity (Wildman–Crippen MR) is 66.4 cm³/mol. The normalized spacial score (nSPS) is 11.2. The van der Waals surface area contributed by atoms with E-state index in [2.05, 4.69) is 26.0 Å². The first-order valence-electron chi connectivity index (χ1n) is 5.68. The Hall–Kier alpha value is -1.57. The zero-order valence-corrected chi connectivity index (χ0v) is 9.81. The summed E-state index contributed by atoms with van der Waals surface area (Å²) in [7, 11) is 0. The third kappa shape index (κ3) is 3.54. The summed E-state index contributed by atoms with van der Waals surface area (Å²) in [5, 5.41) is 8.51. The molecule has 0 bridgehead atoms. The average molecular weight is 218 g/mol. The topological polar surface area (TPSA) is 37.3 Å². The Bertz CT molecular complexity index is 359. The van der Waals surface area contributed by atoms with Gasteiger partial charge in [-0.05, 0) is 36.0 Å². The van der Waals surface area contributed by atoms with Crippen LogP contribution in [-0.2, 0) is 4.79 Å². The molecule has 1 rings (SSSR count). The Balaban J connectivity index is 2.78. The number of carbonyl (C=O) groups is 1. The van der Waals surface area contributed by atoms with Crippen LogP contribution in [-0.4, -0.2) is 11.1 Å². The van der Waals surface area contributed by atoms with E-state index in [-0.39, 0.29) is 0 Å². The van der Waals surface area contributed by atoms with Crippen molar-refractivity contribution in [2.45, 2.75) is 32.6 Å². The number of aliphatic carboxylic acids is 1. The van der Waals surface area contributed by atoms with Crippen molar-refractivity contribution in [3.8, 4) is 0 Å². The largest absolute Gasteiger partial charge is 0.478 e. The molecule has 0 aliphatic carbocycles. The van der Waals surface area contributed by atoms with Crippen LogP contribution in [0.3, 0.4) is 0 Å². The Morgan fingerprint density at radius 3 is 2.25 bits per heavy atom. The van der Waals surface area contributed by atoms with E-state index in [1.54, 1.807) is 6.08 Å². The van der Waals surface area contributed by atoms with Crippen LogP contribution in [0.25, 0.3) is 6.08 Å². The van der Waals surface area contributed by atoms with E-state index in [0.717, 1.165) is 24.5 Å². The lowest BCUT2D eigenvalue weighted by molar-refractivity contribution is -0.131. The first-order chi connectivity index (χ1) is 7.67. The van der Waals surface area contributed by atoms with Crippen LogP contribution in [0, 0.1) is 0 Å². The van der Waals surface area contributed by atoms with Crippen LogP contribution in [0.4, 0.5) is 0 Å². The van der Waals surface area contributed by atoms with Gasteiger partial charge in [-0.3, -0.25) is 0 Å². The second-order valence-electron chi connectivity index (χ2n) is 3.85. The Labute approximate surface area is 96.6 Å². The monoisotopic (exact) mass is 218 g/mol. The van der Waals surface area contributed by atoms with Gasteiger partial charge < -0.3 is 5.11 Å². The van der Waals surface area contributed by atoms with E-state index in [9.17, 15) is 4.79 Å². The minimum atomic E-state index is -0.913. The molecule has 0 amide bonds. The smallest absolute Gasteiger partial charge is 0.328 e. The lowest BCUT2D eigenvalue weighted by Gasteiger charge is -2.12. The minimum Gasteiger partial charge on any atom is -0.478 e. The van der Waals surface area contributed by atoms with Gasteiger partial charge in [-0.15, -0.1) is 0 Å². The lowest BCUT2D eigenvalue weighted by Crippen LogP contribution is -1.94. The molecule has 0 saturated carbocycles. The zero-order chi connectivity index (χ0) is 12.0. The van der Waals surface area contributed by atoms with Gasteiger partial charge in [0.05, 0.1) is 0 Å². The zero-order valence-electron chi connectivity index (χ0n) is 9.81. The molecule has 0 fully saturated rings. The van der Waals surface area contributed by atoms with Crippen LogP contribution >= 0.6 is 0 Å². The van der Waals surface area contributed by atoms with E-state index < -0.39 is 5.97 Å². The molecule has 2 nitrogen and oxygen atoms in total. The second-order valence-corrected chi connectivity index (χ2v) is 3.85. The van der Waals surface area contributed by atoms with Gasteiger partial charge in [-0.25, -0.2) is 4.79 Å². The van der Waals surface area contributed by atoms with Gasteiger partial charge in [-0.1, -0.05) is 38.1 Å². The van der Waals surface area contributed by atoms with Gasteiger partial charge in [0, 0.05) is 6.08 Å². The second kappa shape index (κ2) is 6.11. The Kier molecular flexibility index (Phi) is 4.77. The van der Waals surface area contributed by atoms with Gasteiger partial charge in [0.15, 0.2) is 0 Å². The molecule has 1 N–H and O–H groups in total. The van der Waals surface area contributed by atoms with Gasteiger partial charge in [0.25, 0.3) is 0 Å². The molecule has 86 valence electrons. The summed E-state index contributed by atoms with van der Waals surface area (Å²) >= 11 is 0. The van der Waals surface area contributed by atoms with E-state index in [4.69, 9.17) is 5.11 Å². The molecule has 0 unspecified atom stereocenters. The van der Waals surface area contributed by atoms with Crippen molar-refractivity contribution in [1.82, 2.24) is 0 Å². The van der Waals surface area contributed by atoms with Crippen molar-refractivity contribution in [3.63, 3.8) is 0 Å². The fraction of sp³-hybridized carbons (Fsp3) is 0.357. The molecule has 0 aromatic heterocycles. The predicted octanol–water partition coefficient (Wildman–Crippen LogP) is 3.69. The van der Waals surface area contributed by atoms with Crippen LogP contribution in [0.1, 0.15) is 43.7 Å². The summed E-state index contributed by atoms with van der Waals surface area (Å²) in [6, 6.07) is 8.10. The summed E-state index contributed by atoms with van der Waals surface area (Å²) in [5.41, 5.74) is 2.26. The maximum Gasteiger partial charge on any atom is 0.328 e. The number of carboxylic acid groups (broad SMARTS) is 1. The first-order valence-corrected chi connectivity index (χ1v) is 5.68. The molecule has 1 aromatic carbocycles. The molecule has 0 heterocycles. The van der Waals surface area contributed by atoms with Crippen molar-refractivity contribution in [2.24, 2.45) is 0 Å². The Morgan fingerprint density at radius 2 is 1.81 bits per heavy atom. The fourth-order valence-electron chi connectivity index (χ4n) is 1.81. The average Bonchev–Trinajstić information content (AvgIpc) is 2.29. The van der Waals surface area contributed by atoms with E-state index >= 15 is 0 Å². The summed E-state index contributed by atoms with van der Waals surface area (Å²) in [6.07, 6.45) is 5.05. The highest BCUT2D eigenvalue weighted by atomic mass is 16.4. The van der Waals surface area contributed by atoms with Crippen molar-refractivity contribution in [1.29, 1.82) is 0 Å². The summed E-state index contributed by atoms with van der Waals surface area (Å²) < 4.78 is 0. The molecule has 1 aromatic rings. The molecule has 0 spiro atoms. The van der Waals surface area contributed by atoms with Crippen LogP contribution in [0.5, 0.6) is 0 Å². The van der Waals surface area contributed by atoms with Gasteiger partial charge >= 0.3 is 5.97 Å². The maximum atomic E-state index is 10.4. The molecule has 16 heavy (non-hydrogen) atoms.